The van der Waals surface area contributed by atoms with Crippen molar-refractivity contribution in [2.75, 3.05) is 50.7 Å². The molecule has 9 rings (SSSR count). The maximum absolute atomic E-state index is 13.4. The topological polar surface area (TPSA) is 139 Å². The zero-order valence-electron chi connectivity index (χ0n) is 29.8. The van der Waals surface area contributed by atoms with Crippen LogP contribution in [0.4, 0.5) is 5.69 Å². The smallest absolute Gasteiger partial charge is 0.262 e. The summed E-state index contributed by atoms with van der Waals surface area (Å²) in [4.78, 5) is 79.2. The van der Waals surface area contributed by atoms with E-state index in [0.29, 0.717) is 29.6 Å². The number of halogens is 1. The number of rotatable bonds is 9. The van der Waals surface area contributed by atoms with Gasteiger partial charge in [0.25, 0.3) is 11.8 Å². The number of carbonyl (C=O) groups is 5. The van der Waals surface area contributed by atoms with Crippen LogP contribution in [-0.4, -0.2) is 106 Å². The van der Waals surface area contributed by atoms with E-state index >= 15 is 0 Å². The molecule has 13 heteroatoms. The number of piperidine rings is 1. The van der Waals surface area contributed by atoms with Crippen LogP contribution in [-0.2, 0) is 14.4 Å². The Morgan fingerprint density at radius 3 is 2.44 bits per heavy atom. The Morgan fingerprint density at radius 1 is 0.833 bits per heavy atom. The summed E-state index contributed by atoms with van der Waals surface area (Å²) in [5.41, 5.74) is 7.33. The average Bonchev–Trinajstić information content (AvgIpc) is 3.88. The van der Waals surface area contributed by atoms with E-state index in [0.717, 1.165) is 89.4 Å². The number of carbonyl (C=O) groups excluding carboxylic acids is 5. The monoisotopic (exact) mass is 745 g/mol. The fourth-order valence-electron chi connectivity index (χ4n) is 8.39. The van der Waals surface area contributed by atoms with E-state index in [4.69, 9.17) is 11.6 Å². The molecule has 5 amide bonds. The van der Waals surface area contributed by atoms with Gasteiger partial charge >= 0.3 is 0 Å². The number of fused-ring (bicyclic) bond motifs is 2. The molecule has 12 nitrogen and oxygen atoms in total. The highest BCUT2D eigenvalue weighted by Gasteiger charge is 2.44. The molecule has 1 aliphatic carbocycles. The van der Waals surface area contributed by atoms with E-state index in [9.17, 15) is 24.0 Å². The number of pyridine rings is 1. The van der Waals surface area contributed by atoms with Crippen LogP contribution in [0.1, 0.15) is 76.3 Å². The van der Waals surface area contributed by atoms with E-state index in [-0.39, 0.29) is 24.3 Å². The van der Waals surface area contributed by atoms with Crippen molar-refractivity contribution in [1.82, 2.24) is 30.0 Å². The van der Waals surface area contributed by atoms with Gasteiger partial charge in [0.05, 0.1) is 22.7 Å². The first-order valence-corrected chi connectivity index (χ1v) is 19.2. The van der Waals surface area contributed by atoms with E-state index in [1.807, 2.05) is 47.6 Å². The number of aromatic nitrogens is 2. The standard InChI is InChI=1S/C41H40ClN7O5/c42-37-32(22-44-38-36(37)31(21-43-38)25-5-6-25)27-3-1-4-28(19-27)48-18-17-47(23-35(48)51)14-2-13-46-15-11-24(12-16-46)26-7-8-29-30(20-26)41(54)49(40(29)53)33-9-10-34(50)45-39(33)52/h1,3-4,7-8,11,19-22,25,33H,2,5-6,9-10,12-18,23H2,(H,43,44)(H,45,50,52). The van der Waals surface area contributed by atoms with Crippen molar-refractivity contribution in [2.24, 2.45) is 0 Å². The third-order valence-corrected chi connectivity index (χ3v) is 11.9. The van der Waals surface area contributed by atoms with Crippen molar-refractivity contribution >= 4 is 63.4 Å². The number of aromatic amines is 1. The van der Waals surface area contributed by atoms with E-state index in [1.54, 1.807) is 12.1 Å². The lowest BCUT2D eigenvalue weighted by Gasteiger charge is -2.35. The van der Waals surface area contributed by atoms with Crippen LogP contribution in [0, 0.1) is 0 Å². The molecule has 1 atom stereocenters. The number of piperazine rings is 1. The van der Waals surface area contributed by atoms with Crippen molar-refractivity contribution in [2.45, 2.75) is 50.5 Å². The summed E-state index contributed by atoms with van der Waals surface area (Å²) in [7, 11) is 0. The first-order valence-electron chi connectivity index (χ1n) is 18.8. The second kappa shape index (κ2) is 13.9. The molecular formula is C41H40ClN7O5. The average molecular weight is 746 g/mol. The molecule has 276 valence electrons. The predicted octanol–water partition coefficient (Wildman–Crippen LogP) is 4.99. The van der Waals surface area contributed by atoms with Gasteiger partial charge in [0.15, 0.2) is 0 Å². The number of nitrogens with one attached hydrogen (secondary N) is 2. The summed E-state index contributed by atoms with van der Waals surface area (Å²) < 4.78 is 0. The predicted molar refractivity (Wildman–Crippen MR) is 204 cm³/mol. The molecular weight excluding hydrogens is 706 g/mol. The molecule has 4 aromatic rings. The molecule has 2 aromatic heterocycles. The Balaban J connectivity index is 0.775. The molecule has 1 unspecified atom stereocenters. The number of hydrogen-bond donors (Lipinski definition) is 2. The summed E-state index contributed by atoms with van der Waals surface area (Å²) in [6.07, 6.45) is 10.3. The molecule has 5 aliphatic rings. The summed E-state index contributed by atoms with van der Waals surface area (Å²) in [6, 6.07) is 12.3. The molecule has 2 aromatic carbocycles. The summed E-state index contributed by atoms with van der Waals surface area (Å²) >= 11 is 6.99. The zero-order chi connectivity index (χ0) is 37.1. The molecule has 6 heterocycles. The maximum atomic E-state index is 13.4. The Hall–Kier alpha value is -5.17. The van der Waals surface area contributed by atoms with Crippen molar-refractivity contribution in [3.63, 3.8) is 0 Å². The molecule has 1 saturated carbocycles. The highest BCUT2D eigenvalue weighted by molar-refractivity contribution is 6.38. The normalized spacial score (nSPS) is 21.2. The number of benzene rings is 2. The van der Waals surface area contributed by atoms with Gasteiger partial charge in [-0.3, -0.25) is 44.0 Å². The summed E-state index contributed by atoms with van der Waals surface area (Å²) in [5, 5.41) is 3.94. The number of imide groups is 2. The van der Waals surface area contributed by atoms with Gasteiger partial charge in [-0.25, -0.2) is 4.98 Å². The lowest BCUT2D eigenvalue weighted by atomic mass is 9.96. The van der Waals surface area contributed by atoms with Gasteiger partial charge in [0.2, 0.25) is 17.7 Å². The number of hydrogen-bond acceptors (Lipinski definition) is 8. The molecule has 0 bridgehead atoms. The maximum Gasteiger partial charge on any atom is 0.262 e. The van der Waals surface area contributed by atoms with Crippen LogP contribution in [0.3, 0.4) is 0 Å². The highest BCUT2D eigenvalue weighted by Crippen LogP contribution is 2.46. The van der Waals surface area contributed by atoms with Gasteiger partial charge < -0.3 is 9.88 Å². The first kappa shape index (κ1) is 34.6. The Bertz CT molecular complexity index is 2280. The summed E-state index contributed by atoms with van der Waals surface area (Å²) in [6.45, 7) is 5.15. The SMILES string of the molecule is O=C1CCC(N2C(=O)c3ccc(C4=CCN(CCCN5CCN(c6cccc(-c7cnc8[nH]cc(C9CC9)c8c7Cl)c6)C(=O)C5)CC4)cc3C2=O)C(=O)N1. The third-order valence-electron chi connectivity index (χ3n) is 11.5. The van der Waals surface area contributed by atoms with Crippen LogP contribution in [0.15, 0.2) is 60.9 Å². The van der Waals surface area contributed by atoms with Gasteiger partial charge in [-0.2, -0.15) is 0 Å². The minimum atomic E-state index is -0.977. The molecule has 3 fully saturated rings. The van der Waals surface area contributed by atoms with Crippen LogP contribution < -0.4 is 10.2 Å². The lowest BCUT2D eigenvalue weighted by Crippen LogP contribution is -2.54. The van der Waals surface area contributed by atoms with E-state index < -0.39 is 29.7 Å². The first-order chi connectivity index (χ1) is 26.2. The van der Waals surface area contributed by atoms with Crippen molar-refractivity contribution in [3.8, 4) is 11.1 Å². The van der Waals surface area contributed by atoms with Crippen LogP contribution in [0.5, 0.6) is 0 Å². The van der Waals surface area contributed by atoms with Crippen molar-refractivity contribution in [1.29, 1.82) is 0 Å². The minimum absolute atomic E-state index is 0.0834. The number of amides is 5. The van der Waals surface area contributed by atoms with Gasteiger partial charge in [-0.05, 0) is 97.6 Å². The van der Waals surface area contributed by atoms with E-state index in [1.165, 1.54) is 18.4 Å². The van der Waals surface area contributed by atoms with Crippen LogP contribution in [0.2, 0.25) is 5.02 Å². The van der Waals surface area contributed by atoms with Gasteiger partial charge in [-0.1, -0.05) is 35.9 Å². The fraction of sp³-hybridized carbons (Fsp3) is 0.366. The lowest BCUT2D eigenvalue weighted by molar-refractivity contribution is -0.136. The Kier molecular flexibility index (Phi) is 8.91. The van der Waals surface area contributed by atoms with Gasteiger partial charge in [-0.15, -0.1) is 0 Å². The molecule has 4 aliphatic heterocycles. The minimum Gasteiger partial charge on any atom is -0.346 e. The van der Waals surface area contributed by atoms with Crippen molar-refractivity contribution < 1.29 is 24.0 Å². The Morgan fingerprint density at radius 2 is 1.67 bits per heavy atom. The molecule has 0 spiro atoms. The molecule has 2 N–H and O–H groups in total. The van der Waals surface area contributed by atoms with Gasteiger partial charge in [0.1, 0.15) is 11.7 Å². The van der Waals surface area contributed by atoms with Gasteiger partial charge in [0, 0.05) is 61.6 Å². The number of H-pyrrole nitrogens is 1. The van der Waals surface area contributed by atoms with Crippen LogP contribution >= 0.6 is 11.6 Å². The number of anilines is 1. The fourth-order valence-corrected chi connectivity index (χ4v) is 8.75. The zero-order valence-corrected chi connectivity index (χ0v) is 30.5. The van der Waals surface area contributed by atoms with Crippen molar-refractivity contribution in [3.05, 3.63) is 88.2 Å². The molecule has 0 radical (unpaired) electrons. The quantitative estimate of drug-likeness (QED) is 0.229. The second-order valence-corrected chi connectivity index (χ2v) is 15.3. The van der Waals surface area contributed by atoms with E-state index in [2.05, 4.69) is 31.2 Å². The molecule has 54 heavy (non-hydrogen) atoms. The third kappa shape index (κ3) is 6.31. The largest absolute Gasteiger partial charge is 0.346 e. The Labute approximate surface area is 317 Å². The number of nitrogens with zero attached hydrogens (tertiary/aromatic N) is 5. The molecule has 2 saturated heterocycles. The second-order valence-electron chi connectivity index (χ2n) is 14.9. The summed E-state index contributed by atoms with van der Waals surface area (Å²) in [5.74, 6) is -1.36. The van der Waals surface area contributed by atoms with Crippen LogP contribution in [0.25, 0.3) is 27.7 Å². The highest BCUT2D eigenvalue weighted by atomic mass is 35.5.